The second-order valence-electron chi connectivity index (χ2n) is 6.23. The first-order chi connectivity index (χ1) is 10.1. The zero-order valence-electron chi connectivity index (χ0n) is 13.4. The van der Waals surface area contributed by atoms with Crippen LogP contribution in [-0.4, -0.2) is 17.3 Å². The van der Waals surface area contributed by atoms with Crippen LogP contribution in [-0.2, 0) is 0 Å². The van der Waals surface area contributed by atoms with Crippen molar-refractivity contribution in [3.05, 3.63) is 29.3 Å². The third kappa shape index (κ3) is 4.25. The van der Waals surface area contributed by atoms with Gasteiger partial charge in [0.25, 0.3) is 0 Å². The highest BCUT2D eigenvalue weighted by atomic mass is 32.2. The van der Waals surface area contributed by atoms with E-state index >= 15 is 0 Å². The summed E-state index contributed by atoms with van der Waals surface area (Å²) in [5.41, 5.74) is 2.37. The predicted octanol–water partition coefficient (Wildman–Crippen LogP) is 4.60. The van der Waals surface area contributed by atoms with E-state index < -0.39 is 0 Å². The molecule has 0 saturated heterocycles. The molecule has 2 nitrogen and oxygen atoms in total. The van der Waals surface area contributed by atoms with Crippen molar-refractivity contribution in [3.8, 4) is 6.07 Å². The van der Waals surface area contributed by atoms with Gasteiger partial charge in [0.2, 0.25) is 0 Å². The van der Waals surface area contributed by atoms with E-state index in [-0.39, 0.29) is 5.54 Å². The number of hydrogen-bond acceptors (Lipinski definition) is 3. The van der Waals surface area contributed by atoms with Crippen LogP contribution >= 0.6 is 11.8 Å². The maximum absolute atomic E-state index is 9.62. The highest BCUT2D eigenvalue weighted by Crippen LogP contribution is 2.39. The standard InChI is InChI=1S/C18H26N2S/c1-4-10-20-18(13-19)9-5-6-16(12-18)21-17-8-7-14(2)11-15(17)3/h7-8,11,16,20H,4-6,9-10,12H2,1-3H3. The van der Waals surface area contributed by atoms with Gasteiger partial charge in [0.1, 0.15) is 5.54 Å². The summed E-state index contributed by atoms with van der Waals surface area (Å²) >= 11 is 1.96. The van der Waals surface area contributed by atoms with Crippen LogP contribution in [0.2, 0.25) is 0 Å². The molecule has 2 atom stereocenters. The molecule has 0 amide bonds. The first kappa shape index (κ1) is 16.4. The summed E-state index contributed by atoms with van der Waals surface area (Å²) in [6, 6.07) is 9.23. The van der Waals surface area contributed by atoms with Crippen molar-refractivity contribution < 1.29 is 0 Å². The average molecular weight is 302 g/mol. The molecule has 0 radical (unpaired) electrons. The minimum atomic E-state index is -0.301. The second-order valence-corrected chi connectivity index (χ2v) is 7.57. The van der Waals surface area contributed by atoms with E-state index in [1.165, 1.54) is 22.4 Å². The van der Waals surface area contributed by atoms with Crippen LogP contribution < -0.4 is 5.32 Å². The van der Waals surface area contributed by atoms with E-state index in [4.69, 9.17) is 0 Å². The van der Waals surface area contributed by atoms with Gasteiger partial charge in [-0.25, -0.2) is 0 Å². The minimum absolute atomic E-state index is 0.301. The Bertz CT molecular complexity index is 520. The molecule has 1 aliphatic carbocycles. The molecule has 21 heavy (non-hydrogen) atoms. The summed E-state index contributed by atoms with van der Waals surface area (Å²) in [6.07, 6.45) is 5.40. The first-order valence-corrected chi connectivity index (χ1v) is 8.87. The Balaban J connectivity index is 2.05. The van der Waals surface area contributed by atoms with Gasteiger partial charge in [-0.3, -0.25) is 5.32 Å². The highest BCUT2D eigenvalue weighted by molar-refractivity contribution is 8.00. The van der Waals surface area contributed by atoms with Gasteiger partial charge in [-0.15, -0.1) is 11.8 Å². The summed E-state index contributed by atoms with van der Waals surface area (Å²) in [7, 11) is 0. The number of nitrogens with zero attached hydrogens (tertiary/aromatic N) is 1. The average Bonchev–Trinajstić information content (AvgIpc) is 2.48. The van der Waals surface area contributed by atoms with Gasteiger partial charge in [0.05, 0.1) is 6.07 Å². The van der Waals surface area contributed by atoms with Crippen LogP contribution in [0.15, 0.2) is 23.1 Å². The fourth-order valence-corrected chi connectivity index (χ4v) is 4.50. The number of thioether (sulfide) groups is 1. The molecular weight excluding hydrogens is 276 g/mol. The summed E-state index contributed by atoms with van der Waals surface area (Å²) in [5, 5.41) is 13.7. The molecule has 3 heteroatoms. The Morgan fingerprint density at radius 2 is 2.24 bits per heavy atom. The molecule has 0 bridgehead atoms. The lowest BCUT2D eigenvalue weighted by Gasteiger charge is -2.36. The number of hydrogen-bond donors (Lipinski definition) is 1. The lowest BCUT2D eigenvalue weighted by Crippen LogP contribution is -2.48. The fraction of sp³-hybridized carbons (Fsp3) is 0.611. The van der Waals surface area contributed by atoms with Crippen molar-refractivity contribution in [1.29, 1.82) is 5.26 Å². The normalized spacial score (nSPS) is 25.5. The van der Waals surface area contributed by atoms with Gasteiger partial charge in [0.15, 0.2) is 0 Å². The van der Waals surface area contributed by atoms with E-state index in [2.05, 4.69) is 50.4 Å². The molecule has 1 aliphatic rings. The third-order valence-electron chi connectivity index (χ3n) is 4.26. The van der Waals surface area contributed by atoms with Crippen LogP contribution in [0.3, 0.4) is 0 Å². The monoisotopic (exact) mass is 302 g/mol. The van der Waals surface area contributed by atoms with Crippen molar-refractivity contribution in [2.75, 3.05) is 6.54 Å². The molecule has 1 aromatic rings. The fourth-order valence-electron chi connectivity index (χ4n) is 3.10. The van der Waals surface area contributed by atoms with Crippen LogP contribution in [0, 0.1) is 25.2 Å². The van der Waals surface area contributed by atoms with E-state index in [9.17, 15) is 5.26 Å². The third-order valence-corrected chi connectivity index (χ3v) is 5.70. The van der Waals surface area contributed by atoms with Gasteiger partial charge in [-0.05, 0) is 64.1 Å². The number of nitrogens with one attached hydrogen (secondary N) is 1. The van der Waals surface area contributed by atoms with Gasteiger partial charge in [-0.1, -0.05) is 24.6 Å². The molecule has 0 aromatic heterocycles. The second kappa shape index (κ2) is 7.33. The van der Waals surface area contributed by atoms with Crippen LogP contribution in [0.25, 0.3) is 0 Å². The topological polar surface area (TPSA) is 35.8 Å². The van der Waals surface area contributed by atoms with Crippen molar-refractivity contribution in [1.82, 2.24) is 5.32 Å². The number of nitriles is 1. The first-order valence-electron chi connectivity index (χ1n) is 7.99. The van der Waals surface area contributed by atoms with E-state index in [1.807, 2.05) is 11.8 Å². The SMILES string of the molecule is CCCNC1(C#N)CCCC(Sc2ccc(C)cc2C)C1. The van der Waals surface area contributed by atoms with Crippen LogP contribution in [0.1, 0.15) is 50.2 Å². The molecule has 114 valence electrons. The number of aryl methyl sites for hydroxylation is 2. The van der Waals surface area contributed by atoms with Crippen molar-refractivity contribution in [3.63, 3.8) is 0 Å². The quantitative estimate of drug-likeness (QED) is 0.863. The molecule has 0 aliphatic heterocycles. The molecule has 2 rings (SSSR count). The van der Waals surface area contributed by atoms with Gasteiger partial charge in [-0.2, -0.15) is 5.26 Å². The molecule has 0 heterocycles. The number of benzene rings is 1. The molecular formula is C18H26N2S. The zero-order valence-corrected chi connectivity index (χ0v) is 14.2. The summed E-state index contributed by atoms with van der Waals surface area (Å²) < 4.78 is 0. The summed E-state index contributed by atoms with van der Waals surface area (Å²) in [4.78, 5) is 1.37. The predicted molar refractivity (Wildman–Crippen MR) is 90.7 cm³/mol. The van der Waals surface area contributed by atoms with Crippen molar-refractivity contribution >= 4 is 11.8 Å². The lowest BCUT2D eigenvalue weighted by atomic mass is 9.82. The van der Waals surface area contributed by atoms with E-state index in [0.717, 1.165) is 32.2 Å². The van der Waals surface area contributed by atoms with E-state index in [1.54, 1.807) is 0 Å². The molecule has 2 unspecified atom stereocenters. The van der Waals surface area contributed by atoms with E-state index in [0.29, 0.717) is 5.25 Å². The zero-order chi connectivity index (χ0) is 15.3. The van der Waals surface area contributed by atoms with Crippen LogP contribution in [0.5, 0.6) is 0 Å². The molecule has 1 fully saturated rings. The lowest BCUT2D eigenvalue weighted by molar-refractivity contribution is 0.305. The van der Waals surface area contributed by atoms with Gasteiger partial charge in [0, 0.05) is 10.1 Å². The van der Waals surface area contributed by atoms with Crippen molar-refractivity contribution in [2.24, 2.45) is 0 Å². The summed E-state index contributed by atoms with van der Waals surface area (Å²) in [6.45, 7) is 7.42. The minimum Gasteiger partial charge on any atom is -0.299 e. The maximum Gasteiger partial charge on any atom is 0.107 e. The van der Waals surface area contributed by atoms with Gasteiger partial charge >= 0.3 is 0 Å². The Morgan fingerprint density at radius 1 is 1.43 bits per heavy atom. The smallest absolute Gasteiger partial charge is 0.107 e. The Morgan fingerprint density at radius 3 is 2.90 bits per heavy atom. The van der Waals surface area contributed by atoms with Crippen molar-refractivity contribution in [2.45, 2.75) is 68.6 Å². The summed E-state index contributed by atoms with van der Waals surface area (Å²) in [5.74, 6) is 0. The highest BCUT2D eigenvalue weighted by Gasteiger charge is 2.36. The molecule has 1 aromatic carbocycles. The Hall–Kier alpha value is -0.980. The molecule has 1 saturated carbocycles. The molecule has 0 spiro atoms. The largest absolute Gasteiger partial charge is 0.299 e. The Kier molecular flexibility index (Phi) is 5.72. The maximum atomic E-state index is 9.62. The van der Waals surface area contributed by atoms with Gasteiger partial charge < -0.3 is 0 Å². The molecule has 1 N–H and O–H groups in total. The van der Waals surface area contributed by atoms with Crippen LogP contribution in [0.4, 0.5) is 0 Å². The Labute approximate surface area is 133 Å². The number of rotatable bonds is 5.